The van der Waals surface area contributed by atoms with Gasteiger partial charge in [0, 0.05) is 12.5 Å². The van der Waals surface area contributed by atoms with Crippen LogP contribution in [0, 0.1) is 23.7 Å². The lowest BCUT2D eigenvalue weighted by molar-refractivity contribution is -0.144. The first kappa shape index (κ1) is 30.3. The number of likely N-dealkylation sites (N-methyl/N-ethyl adjacent to an activating group) is 1. The molecule has 2 heterocycles. The molecule has 3 rings (SSSR count). The summed E-state index contributed by atoms with van der Waals surface area (Å²) >= 11 is 0. The number of hydrogen-bond acceptors (Lipinski definition) is 5. The van der Waals surface area contributed by atoms with Crippen LogP contribution in [0.5, 0.6) is 0 Å². The molecular formula is C32H53NO4. The lowest BCUT2D eigenvalue weighted by atomic mass is 9.89. The molecule has 2 fully saturated rings. The Morgan fingerprint density at radius 2 is 1.86 bits per heavy atom. The van der Waals surface area contributed by atoms with Gasteiger partial charge in [0.1, 0.15) is 6.10 Å². The molecule has 0 spiro atoms. The van der Waals surface area contributed by atoms with Crippen molar-refractivity contribution >= 4 is 0 Å². The third-order valence-corrected chi connectivity index (χ3v) is 8.55. The largest absolute Gasteiger partial charge is 0.390 e. The number of allylic oxidation sites excluding steroid dienone is 4. The van der Waals surface area contributed by atoms with E-state index in [4.69, 9.17) is 9.47 Å². The molecule has 0 radical (unpaired) electrons. The van der Waals surface area contributed by atoms with Gasteiger partial charge < -0.3 is 24.6 Å². The maximum atomic E-state index is 11.0. The van der Waals surface area contributed by atoms with Crippen LogP contribution in [0.3, 0.4) is 0 Å². The topological polar surface area (TPSA) is 62.2 Å². The highest BCUT2D eigenvalue weighted by Crippen LogP contribution is 2.48. The Morgan fingerprint density at radius 1 is 1.19 bits per heavy atom. The summed E-state index contributed by atoms with van der Waals surface area (Å²) in [5.74, 6) is 1.94. The molecule has 0 amide bonds. The molecule has 10 atom stereocenters. The zero-order valence-electron chi connectivity index (χ0n) is 24.7. The second kappa shape index (κ2) is 12.7. The van der Waals surface area contributed by atoms with Crippen molar-refractivity contribution < 1.29 is 19.7 Å². The van der Waals surface area contributed by atoms with Crippen molar-refractivity contribution in [1.29, 1.82) is 0 Å². The molecular weight excluding hydrogens is 462 g/mol. The second-order valence-corrected chi connectivity index (χ2v) is 12.8. The predicted octanol–water partition coefficient (Wildman–Crippen LogP) is 5.69. The van der Waals surface area contributed by atoms with Gasteiger partial charge in [0.25, 0.3) is 0 Å². The fraction of sp³-hybridized carbons (Fsp3) is 0.750. The van der Waals surface area contributed by atoms with E-state index >= 15 is 0 Å². The number of aliphatic hydroxyl groups is 2. The van der Waals surface area contributed by atoms with Gasteiger partial charge in [0.2, 0.25) is 0 Å². The average Bonchev–Trinajstić information content (AvgIpc) is 3.44. The molecule has 1 aliphatic carbocycles. The van der Waals surface area contributed by atoms with Crippen LogP contribution in [0.4, 0.5) is 0 Å². The lowest BCUT2D eigenvalue weighted by Crippen LogP contribution is -2.54. The van der Waals surface area contributed by atoms with Crippen molar-refractivity contribution in [3.63, 3.8) is 0 Å². The molecule has 2 aliphatic heterocycles. The van der Waals surface area contributed by atoms with E-state index in [0.29, 0.717) is 30.1 Å². The van der Waals surface area contributed by atoms with Gasteiger partial charge in [0.05, 0.1) is 30.0 Å². The minimum absolute atomic E-state index is 0.0131. The van der Waals surface area contributed by atoms with Crippen LogP contribution >= 0.6 is 0 Å². The molecule has 5 nitrogen and oxygen atoms in total. The van der Waals surface area contributed by atoms with Crippen LogP contribution in [0.25, 0.3) is 0 Å². The number of rotatable bonds is 10. The Morgan fingerprint density at radius 3 is 2.49 bits per heavy atom. The number of hydrogen-bond donors (Lipinski definition) is 2. The zero-order chi connectivity index (χ0) is 27.5. The molecule has 2 N–H and O–H groups in total. The highest BCUT2D eigenvalue weighted by atomic mass is 16.5. The normalized spacial score (nSPS) is 38.4. The summed E-state index contributed by atoms with van der Waals surface area (Å²) in [6, 6.07) is 0.0131. The Hall–Kier alpha value is -1.24. The van der Waals surface area contributed by atoms with E-state index in [1.165, 1.54) is 11.1 Å². The van der Waals surface area contributed by atoms with E-state index in [0.717, 1.165) is 19.3 Å². The van der Waals surface area contributed by atoms with Crippen molar-refractivity contribution in [3.05, 3.63) is 47.6 Å². The van der Waals surface area contributed by atoms with Crippen LogP contribution in [0.15, 0.2) is 47.6 Å². The summed E-state index contributed by atoms with van der Waals surface area (Å²) in [5, 5.41) is 21.3. The van der Waals surface area contributed by atoms with Crippen molar-refractivity contribution in [2.75, 3.05) is 14.1 Å². The molecule has 0 unspecified atom stereocenters. The SMILES string of the molecule is CC[C@H]1O[C@@H](/C(C)=C/[C@H](C)/C=C/[C@H]2[C@@H](C)[C@@H]2/C=C/[C@@H]2O[C@H](CC(C)(C)O)C[C@H](N(C)C)[C@H]2O)CC=C1C. The van der Waals surface area contributed by atoms with Gasteiger partial charge in [-0.2, -0.15) is 0 Å². The highest BCUT2D eigenvalue weighted by molar-refractivity contribution is 5.20. The number of ether oxygens (including phenoxy) is 2. The molecule has 0 aromatic heterocycles. The fourth-order valence-electron chi connectivity index (χ4n) is 6.10. The Balaban J connectivity index is 1.57. The maximum Gasteiger partial charge on any atom is 0.103 e. The first-order valence-corrected chi connectivity index (χ1v) is 14.4. The summed E-state index contributed by atoms with van der Waals surface area (Å²) in [7, 11) is 4.00. The maximum absolute atomic E-state index is 11.0. The van der Waals surface area contributed by atoms with E-state index in [-0.39, 0.29) is 30.5 Å². The smallest absolute Gasteiger partial charge is 0.103 e. The van der Waals surface area contributed by atoms with Crippen LogP contribution in [-0.2, 0) is 9.47 Å². The monoisotopic (exact) mass is 515 g/mol. The van der Waals surface area contributed by atoms with E-state index < -0.39 is 11.7 Å². The second-order valence-electron chi connectivity index (χ2n) is 12.8. The van der Waals surface area contributed by atoms with E-state index in [2.05, 4.69) is 76.0 Å². The van der Waals surface area contributed by atoms with E-state index in [9.17, 15) is 10.2 Å². The van der Waals surface area contributed by atoms with Crippen LogP contribution in [0.1, 0.15) is 74.1 Å². The average molecular weight is 516 g/mol. The van der Waals surface area contributed by atoms with Gasteiger partial charge in [-0.1, -0.05) is 57.2 Å². The van der Waals surface area contributed by atoms with Crippen molar-refractivity contribution in [1.82, 2.24) is 4.90 Å². The first-order valence-electron chi connectivity index (χ1n) is 14.4. The van der Waals surface area contributed by atoms with Gasteiger partial charge in [0.15, 0.2) is 0 Å². The molecule has 1 saturated heterocycles. The van der Waals surface area contributed by atoms with Crippen molar-refractivity contribution in [2.45, 2.75) is 116 Å². The third kappa shape index (κ3) is 8.37. The minimum Gasteiger partial charge on any atom is -0.390 e. The molecule has 210 valence electrons. The van der Waals surface area contributed by atoms with Crippen molar-refractivity contribution in [3.8, 4) is 0 Å². The van der Waals surface area contributed by atoms with Gasteiger partial charge >= 0.3 is 0 Å². The Labute approximate surface area is 226 Å². The van der Waals surface area contributed by atoms with Gasteiger partial charge in [-0.05, 0) is 95.9 Å². The van der Waals surface area contributed by atoms with Crippen LogP contribution < -0.4 is 0 Å². The molecule has 0 bridgehead atoms. The standard InChI is InChI=1S/C32H53NO4/c1-10-28-21(3)12-15-29(37-28)22(4)17-20(2)11-13-25-23(5)26(25)14-16-30-31(34)27(33(8)9)18-24(36-30)19-32(6,7)35/h11-14,16-17,20,23-31,34-35H,10,15,18-19H2,1-9H3/b13-11+,16-14+,22-17+/t20-,23-,24+,25+,26+,27+,28-,29-,30+,31-/m1/s1. The Kier molecular flexibility index (Phi) is 10.4. The van der Waals surface area contributed by atoms with Crippen LogP contribution in [-0.4, -0.2) is 71.4 Å². The van der Waals surface area contributed by atoms with Crippen LogP contribution in [0.2, 0.25) is 0 Å². The Bertz CT molecular complexity index is 867. The number of aliphatic hydroxyl groups excluding tert-OH is 1. The molecule has 3 aliphatic rings. The summed E-state index contributed by atoms with van der Waals surface area (Å²) < 4.78 is 12.6. The van der Waals surface area contributed by atoms with E-state index in [1.807, 2.05) is 27.9 Å². The lowest BCUT2D eigenvalue weighted by Gasteiger charge is -2.42. The quantitative estimate of drug-likeness (QED) is 0.366. The molecule has 1 saturated carbocycles. The highest BCUT2D eigenvalue weighted by Gasteiger charge is 2.44. The number of nitrogens with zero attached hydrogens (tertiary/aromatic N) is 1. The fourth-order valence-corrected chi connectivity index (χ4v) is 6.10. The molecule has 37 heavy (non-hydrogen) atoms. The van der Waals surface area contributed by atoms with Gasteiger partial charge in [-0.15, -0.1) is 0 Å². The summed E-state index contributed by atoms with van der Waals surface area (Å²) in [6.07, 6.45) is 16.4. The molecule has 0 aromatic rings. The molecule has 0 aromatic carbocycles. The van der Waals surface area contributed by atoms with Gasteiger partial charge in [-0.3, -0.25) is 0 Å². The van der Waals surface area contributed by atoms with E-state index in [1.54, 1.807) is 0 Å². The van der Waals surface area contributed by atoms with Gasteiger partial charge in [-0.25, -0.2) is 0 Å². The zero-order valence-corrected chi connectivity index (χ0v) is 24.7. The molecule has 5 heteroatoms. The van der Waals surface area contributed by atoms with Crippen molar-refractivity contribution in [2.24, 2.45) is 23.7 Å². The summed E-state index contributed by atoms with van der Waals surface area (Å²) in [6.45, 7) is 14.7. The first-order chi connectivity index (χ1) is 17.3. The summed E-state index contributed by atoms with van der Waals surface area (Å²) in [4.78, 5) is 2.08. The third-order valence-electron chi connectivity index (χ3n) is 8.55. The summed E-state index contributed by atoms with van der Waals surface area (Å²) in [5.41, 5.74) is 1.88. The minimum atomic E-state index is -0.793. The predicted molar refractivity (Wildman–Crippen MR) is 152 cm³/mol.